The van der Waals surface area contributed by atoms with Crippen molar-refractivity contribution in [2.45, 2.75) is 39.2 Å². The van der Waals surface area contributed by atoms with Crippen molar-refractivity contribution in [2.24, 2.45) is 0 Å². The Kier molecular flexibility index (Phi) is 8.54. The van der Waals surface area contributed by atoms with Crippen molar-refractivity contribution in [3.63, 3.8) is 0 Å². The van der Waals surface area contributed by atoms with E-state index in [9.17, 15) is 31.1 Å². The molecule has 0 heterocycles. The number of carbonyl (C=O) groups is 1. The molecule has 0 saturated carbocycles. The van der Waals surface area contributed by atoms with Crippen molar-refractivity contribution in [2.75, 3.05) is 6.61 Å². The van der Waals surface area contributed by atoms with Crippen molar-refractivity contribution in [3.8, 4) is 5.75 Å². The maximum Gasteiger partial charge on any atom is 0.416 e. The standard InChI is InChI=1S/C18H14F6O3.C2H6/c1-2-26-16(25)15(11-4-3-5-13(10-11)18(22,23)24)27-14-8-6-12(7-9-14)17(19,20)21;1-2/h3-10,15H,2H2,1H3;1-2H3. The Hall–Kier alpha value is -2.71. The second-order valence-electron chi connectivity index (χ2n) is 5.40. The van der Waals surface area contributed by atoms with Crippen LogP contribution >= 0.6 is 0 Å². The van der Waals surface area contributed by atoms with Crippen LogP contribution < -0.4 is 4.74 Å². The smallest absolute Gasteiger partial charge is 0.416 e. The molecular weight excluding hydrogens is 402 g/mol. The van der Waals surface area contributed by atoms with Crippen molar-refractivity contribution in [3.05, 3.63) is 65.2 Å². The Labute approximate surface area is 164 Å². The van der Waals surface area contributed by atoms with Gasteiger partial charge < -0.3 is 9.47 Å². The van der Waals surface area contributed by atoms with Crippen molar-refractivity contribution >= 4 is 5.97 Å². The molecule has 2 aromatic rings. The third-order valence-electron chi connectivity index (χ3n) is 3.45. The number of hydrogen-bond donors (Lipinski definition) is 0. The predicted molar refractivity (Wildman–Crippen MR) is 94.2 cm³/mol. The van der Waals surface area contributed by atoms with Gasteiger partial charge >= 0.3 is 18.3 Å². The second-order valence-corrected chi connectivity index (χ2v) is 5.40. The summed E-state index contributed by atoms with van der Waals surface area (Å²) in [4.78, 5) is 12.1. The molecule has 0 spiro atoms. The van der Waals surface area contributed by atoms with Crippen LogP contribution in [0.4, 0.5) is 26.3 Å². The van der Waals surface area contributed by atoms with Crippen LogP contribution in [-0.2, 0) is 21.9 Å². The van der Waals surface area contributed by atoms with Gasteiger partial charge in [0.15, 0.2) is 0 Å². The number of esters is 1. The molecule has 3 nitrogen and oxygen atoms in total. The molecule has 0 fully saturated rings. The van der Waals surface area contributed by atoms with Crippen molar-refractivity contribution in [1.82, 2.24) is 0 Å². The van der Waals surface area contributed by atoms with Crippen LogP contribution in [0.5, 0.6) is 5.75 Å². The highest BCUT2D eigenvalue weighted by Crippen LogP contribution is 2.34. The lowest BCUT2D eigenvalue weighted by molar-refractivity contribution is -0.152. The lowest BCUT2D eigenvalue weighted by atomic mass is 10.1. The van der Waals surface area contributed by atoms with Crippen LogP contribution in [0.1, 0.15) is 43.6 Å². The fourth-order valence-electron chi connectivity index (χ4n) is 2.21. The monoisotopic (exact) mass is 422 g/mol. The minimum Gasteiger partial charge on any atom is -0.474 e. The fourth-order valence-corrected chi connectivity index (χ4v) is 2.21. The summed E-state index contributed by atoms with van der Waals surface area (Å²) in [6.07, 6.45) is -10.8. The topological polar surface area (TPSA) is 35.5 Å². The molecule has 1 atom stereocenters. The first kappa shape index (κ1) is 24.3. The largest absolute Gasteiger partial charge is 0.474 e. The number of carbonyl (C=O) groups excluding carboxylic acids is 1. The van der Waals surface area contributed by atoms with Gasteiger partial charge in [0, 0.05) is 5.56 Å². The average Bonchev–Trinajstić information content (AvgIpc) is 2.67. The normalized spacial score (nSPS) is 12.4. The first-order valence-corrected chi connectivity index (χ1v) is 8.70. The zero-order valence-electron chi connectivity index (χ0n) is 15.9. The fraction of sp³-hybridized carbons (Fsp3) is 0.350. The highest BCUT2D eigenvalue weighted by Gasteiger charge is 2.33. The third kappa shape index (κ3) is 6.99. The molecule has 0 saturated heterocycles. The zero-order chi connectivity index (χ0) is 22.2. The van der Waals surface area contributed by atoms with Crippen molar-refractivity contribution in [1.29, 1.82) is 0 Å². The van der Waals surface area contributed by atoms with Crippen LogP contribution in [0.15, 0.2) is 48.5 Å². The molecule has 0 N–H and O–H groups in total. The molecule has 0 aliphatic heterocycles. The van der Waals surface area contributed by atoms with Gasteiger partial charge in [0.2, 0.25) is 6.10 Å². The van der Waals surface area contributed by atoms with E-state index in [2.05, 4.69) is 0 Å². The maximum atomic E-state index is 12.9. The zero-order valence-corrected chi connectivity index (χ0v) is 15.9. The van der Waals surface area contributed by atoms with Gasteiger partial charge in [-0.05, 0) is 43.3 Å². The summed E-state index contributed by atoms with van der Waals surface area (Å²) in [7, 11) is 0. The van der Waals surface area contributed by atoms with Gasteiger partial charge in [0.1, 0.15) is 5.75 Å². The van der Waals surface area contributed by atoms with E-state index in [1.165, 1.54) is 13.0 Å². The van der Waals surface area contributed by atoms with E-state index in [-0.39, 0.29) is 17.9 Å². The average molecular weight is 422 g/mol. The molecular formula is C20H20F6O3. The SMILES string of the molecule is CC.CCOC(=O)C(Oc1ccc(C(F)(F)F)cc1)c1cccc(C(F)(F)F)c1. The summed E-state index contributed by atoms with van der Waals surface area (Å²) in [5.74, 6) is -1.09. The number of rotatable bonds is 5. The molecule has 0 aliphatic carbocycles. The summed E-state index contributed by atoms with van der Waals surface area (Å²) < 4.78 is 86.7. The molecule has 160 valence electrons. The number of alkyl halides is 6. The minimum atomic E-state index is -4.64. The van der Waals surface area contributed by atoms with Gasteiger partial charge in [-0.3, -0.25) is 0 Å². The Morgan fingerprint density at radius 1 is 0.897 bits per heavy atom. The van der Waals surface area contributed by atoms with Gasteiger partial charge in [0.25, 0.3) is 0 Å². The Morgan fingerprint density at radius 3 is 1.93 bits per heavy atom. The van der Waals surface area contributed by atoms with Gasteiger partial charge in [-0.1, -0.05) is 26.0 Å². The van der Waals surface area contributed by atoms with Crippen LogP contribution in [-0.4, -0.2) is 12.6 Å². The Bertz CT molecular complexity index is 782. The minimum absolute atomic E-state index is 0.0509. The van der Waals surface area contributed by atoms with Crippen LogP contribution in [0.2, 0.25) is 0 Å². The van der Waals surface area contributed by atoms with E-state index in [0.717, 1.165) is 42.5 Å². The molecule has 2 rings (SSSR count). The first-order chi connectivity index (χ1) is 13.5. The number of halogens is 6. The summed E-state index contributed by atoms with van der Waals surface area (Å²) in [6, 6.07) is 7.32. The molecule has 9 heteroatoms. The quantitative estimate of drug-likeness (QED) is 0.411. The number of ether oxygens (including phenoxy) is 2. The van der Waals surface area contributed by atoms with E-state index in [1.807, 2.05) is 13.8 Å². The third-order valence-corrected chi connectivity index (χ3v) is 3.45. The molecule has 0 amide bonds. The van der Waals surface area contributed by atoms with Gasteiger partial charge in [-0.15, -0.1) is 0 Å². The highest BCUT2D eigenvalue weighted by molar-refractivity contribution is 5.77. The molecule has 0 aromatic heterocycles. The van der Waals surface area contributed by atoms with Gasteiger partial charge in [0.05, 0.1) is 17.7 Å². The lowest BCUT2D eigenvalue weighted by Crippen LogP contribution is -2.22. The van der Waals surface area contributed by atoms with Gasteiger partial charge in [-0.2, -0.15) is 26.3 Å². The summed E-state index contributed by atoms with van der Waals surface area (Å²) in [5.41, 5.74) is -2.06. The van der Waals surface area contributed by atoms with E-state index in [4.69, 9.17) is 9.47 Å². The van der Waals surface area contributed by atoms with Crippen molar-refractivity contribution < 1.29 is 40.6 Å². The lowest BCUT2D eigenvalue weighted by Gasteiger charge is -2.19. The van der Waals surface area contributed by atoms with E-state index in [1.54, 1.807) is 0 Å². The number of benzene rings is 2. The number of hydrogen-bond acceptors (Lipinski definition) is 3. The molecule has 0 bridgehead atoms. The first-order valence-electron chi connectivity index (χ1n) is 8.70. The Balaban J connectivity index is 0.00000204. The molecule has 1 unspecified atom stereocenters. The molecule has 29 heavy (non-hydrogen) atoms. The van der Waals surface area contributed by atoms with Gasteiger partial charge in [-0.25, -0.2) is 4.79 Å². The maximum absolute atomic E-state index is 12.9. The summed E-state index contributed by atoms with van der Waals surface area (Å²) in [6.45, 7) is 5.45. The molecule has 2 aromatic carbocycles. The van der Waals surface area contributed by atoms with E-state index in [0.29, 0.717) is 0 Å². The summed E-state index contributed by atoms with van der Waals surface area (Å²) in [5, 5.41) is 0. The van der Waals surface area contributed by atoms with Crippen LogP contribution in [0.3, 0.4) is 0 Å². The van der Waals surface area contributed by atoms with E-state index < -0.39 is 35.6 Å². The van der Waals surface area contributed by atoms with E-state index >= 15 is 0 Å². The predicted octanol–water partition coefficient (Wildman–Crippen LogP) is 6.43. The molecule has 0 radical (unpaired) electrons. The molecule has 0 aliphatic rings. The summed E-state index contributed by atoms with van der Waals surface area (Å²) >= 11 is 0. The second kappa shape index (κ2) is 10.2. The van der Waals surface area contributed by atoms with Crippen LogP contribution in [0, 0.1) is 0 Å². The van der Waals surface area contributed by atoms with Crippen LogP contribution in [0.25, 0.3) is 0 Å². The Morgan fingerprint density at radius 2 is 1.45 bits per heavy atom. The highest BCUT2D eigenvalue weighted by atomic mass is 19.4.